The fourth-order valence-electron chi connectivity index (χ4n) is 2.55. The third-order valence-corrected chi connectivity index (χ3v) is 4.42. The number of hydrogen-bond donors (Lipinski definition) is 4. The number of carbonyl (C=O) groups excluding carboxylic acids is 1. The van der Waals surface area contributed by atoms with Crippen LogP contribution in [0.1, 0.15) is 17.2 Å². The molecule has 27 heavy (non-hydrogen) atoms. The Bertz CT molecular complexity index is 843. The number of hydrogen-bond acceptors (Lipinski definition) is 6. The Morgan fingerprint density at radius 1 is 1.19 bits per heavy atom. The predicted molar refractivity (Wildman–Crippen MR) is 101 cm³/mol. The van der Waals surface area contributed by atoms with E-state index in [1.165, 1.54) is 6.07 Å². The SMILES string of the molecule is O=C(NC(C(=O)O)c1ccc(O)c([N+](=O)[O-])c1)C(CS)Cc1ccccc1. The number of aliphatic carboxylic acids is 1. The molecule has 0 saturated heterocycles. The van der Waals surface area contributed by atoms with Crippen LogP contribution in [0.3, 0.4) is 0 Å². The lowest BCUT2D eigenvalue weighted by Crippen LogP contribution is -2.39. The maximum Gasteiger partial charge on any atom is 0.330 e. The number of carboxylic acid groups (broad SMARTS) is 1. The Hall–Kier alpha value is -3.07. The Kier molecular flexibility index (Phi) is 6.78. The first-order chi connectivity index (χ1) is 12.8. The molecular formula is C18H18N2O6S. The third kappa shape index (κ3) is 5.20. The molecule has 9 heteroatoms. The maximum absolute atomic E-state index is 12.5. The van der Waals surface area contributed by atoms with Crippen LogP contribution in [0.25, 0.3) is 0 Å². The van der Waals surface area contributed by atoms with Crippen molar-refractivity contribution < 1.29 is 24.7 Å². The minimum atomic E-state index is -1.49. The van der Waals surface area contributed by atoms with Gasteiger partial charge in [-0.1, -0.05) is 36.4 Å². The number of rotatable bonds is 8. The van der Waals surface area contributed by atoms with Crippen molar-refractivity contribution in [2.45, 2.75) is 12.5 Å². The monoisotopic (exact) mass is 390 g/mol. The van der Waals surface area contributed by atoms with Crippen molar-refractivity contribution in [1.29, 1.82) is 0 Å². The molecule has 0 fully saturated rings. The first kappa shape index (κ1) is 20.2. The van der Waals surface area contributed by atoms with Gasteiger partial charge in [-0.15, -0.1) is 0 Å². The van der Waals surface area contributed by atoms with Gasteiger partial charge < -0.3 is 15.5 Å². The number of carbonyl (C=O) groups is 2. The maximum atomic E-state index is 12.5. The fourth-order valence-corrected chi connectivity index (χ4v) is 2.85. The molecule has 2 atom stereocenters. The Morgan fingerprint density at radius 2 is 1.85 bits per heavy atom. The summed E-state index contributed by atoms with van der Waals surface area (Å²) in [6.45, 7) is 0. The number of phenols is 1. The lowest BCUT2D eigenvalue weighted by Gasteiger charge is -2.19. The van der Waals surface area contributed by atoms with Crippen LogP contribution in [0.4, 0.5) is 5.69 Å². The third-order valence-electron chi connectivity index (χ3n) is 3.98. The summed E-state index contributed by atoms with van der Waals surface area (Å²) >= 11 is 4.17. The Labute approximate surface area is 160 Å². The van der Waals surface area contributed by atoms with E-state index in [2.05, 4.69) is 17.9 Å². The zero-order chi connectivity index (χ0) is 20.0. The molecule has 0 spiro atoms. The number of benzene rings is 2. The normalized spacial score (nSPS) is 12.8. The lowest BCUT2D eigenvalue weighted by molar-refractivity contribution is -0.385. The molecule has 0 aliphatic heterocycles. The summed E-state index contributed by atoms with van der Waals surface area (Å²) in [5.41, 5.74) is 0.250. The van der Waals surface area contributed by atoms with E-state index >= 15 is 0 Å². The highest BCUT2D eigenvalue weighted by Gasteiger charge is 2.28. The number of nitrogens with zero attached hydrogens (tertiary/aromatic N) is 1. The van der Waals surface area contributed by atoms with Gasteiger partial charge in [0.25, 0.3) is 0 Å². The molecule has 2 aromatic rings. The van der Waals surface area contributed by atoms with Crippen LogP contribution in [0, 0.1) is 16.0 Å². The second-order valence-corrected chi connectivity index (χ2v) is 6.22. The van der Waals surface area contributed by atoms with Crippen LogP contribution in [0.5, 0.6) is 5.75 Å². The van der Waals surface area contributed by atoms with Crippen LogP contribution in [-0.2, 0) is 16.0 Å². The molecule has 2 rings (SSSR count). The molecular weight excluding hydrogens is 372 g/mol. The Balaban J connectivity index is 2.22. The molecule has 0 heterocycles. The van der Waals surface area contributed by atoms with Gasteiger partial charge in [0, 0.05) is 11.8 Å². The van der Waals surface area contributed by atoms with Crippen LogP contribution in [-0.4, -0.2) is 32.8 Å². The molecule has 0 radical (unpaired) electrons. The number of nitro benzene ring substituents is 1. The number of aromatic hydroxyl groups is 1. The number of amides is 1. The second kappa shape index (κ2) is 9.04. The van der Waals surface area contributed by atoms with Gasteiger partial charge in [-0.3, -0.25) is 14.9 Å². The first-order valence-electron chi connectivity index (χ1n) is 7.98. The molecule has 0 aliphatic carbocycles. The summed E-state index contributed by atoms with van der Waals surface area (Å²) in [6.07, 6.45) is 0.373. The molecule has 0 bridgehead atoms. The minimum Gasteiger partial charge on any atom is -0.502 e. The van der Waals surface area contributed by atoms with Gasteiger partial charge in [0.2, 0.25) is 5.91 Å². The number of carboxylic acids is 1. The number of phenolic OH excluding ortho intramolecular Hbond substituents is 1. The summed E-state index contributed by atoms with van der Waals surface area (Å²) in [5, 5.41) is 32.3. The average Bonchev–Trinajstić information content (AvgIpc) is 2.65. The van der Waals surface area contributed by atoms with Gasteiger partial charge in [0.1, 0.15) is 0 Å². The van der Waals surface area contributed by atoms with Crippen molar-refractivity contribution in [2.24, 2.45) is 5.92 Å². The van der Waals surface area contributed by atoms with Gasteiger partial charge >= 0.3 is 11.7 Å². The van der Waals surface area contributed by atoms with Crippen LogP contribution in [0.2, 0.25) is 0 Å². The van der Waals surface area contributed by atoms with Crippen LogP contribution in [0.15, 0.2) is 48.5 Å². The average molecular weight is 390 g/mol. The van der Waals surface area contributed by atoms with E-state index in [1.54, 1.807) is 0 Å². The molecule has 8 nitrogen and oxygen atoms in total. The van der Waals surface area contributed by atoms with E-state index in [1.807, 2.05) is 30.3 Å². The van der Waals surface area contributed by atoms with Crippen molar-refractivity contribution in [2.75, 3.05) is 5.75 Å². The topological polar surface area (TPSA) is 130 Å². The lowest BCUT2D eigenvalue weighted by atomic mass is 9.98. The molecule has 0 saturated carbocycles. The fraction of sp³-hybridized carbons (Fsp3) is 0.222. The summed E-state index contributed by atoms with van der Waals surface area (Å²) in [5.74, 6) is -2.87. The predicted octanol–water partition coefficient (Wildman–Crippen LogP) is 2.33. The van der Waals surface area contributed by atoms with Crippen molar-refractivity contribution in [1.82, 2.24) is 5.32 Å². The molecule has 1 amide bonds. The van der Waals surface area contributed by atoms with E-state index in [-0.39, 0.29) is 11.3 Å². The van der Waals surface area contributed by atoms with Gasteiger partial charge in [-0.05, 0) is 23.6 Å². The molecule has 0 aliphatic rings. The second-order valence-electron chi connectivity index (χ2n) is 5.85. The smallest absolute Gasteiger partial charge is 0.330 e. The van der Waals surface area contributed by atoms with Gasteiger partial charge in [0.15, 0.2) is 11.8 Å². The van der Waals surface area contributed by atoms with E-state index in [0.717, 1.165) is 17.7 Å². The summed E-state index contributed by atoms with van der Waals surface area (Å²) < 4.78 is 0. The highest BCUT2D eigenvalue weighted by atomic mass is 32.1. The van der Waals surface area contributed by atoms with Crippen LogP contribution >= 0.6 is 12.6 Å². The number of nitrogens with one attached hydrogen (secondary N) is 1. The van der Waals surface area contributed by atoms with Gasteiger partial charge in [-0.2, -0.15) is 12.6 Å². The summed E-state index contributed by atoms with van der Waals surface area (Å²) in [4.78, 5) is 34.3. The van der Waals surface area contributed by atoms with E-state index in [9.17, 15) is 29.9 Å². The first-order valence-corrected chi connectivity index (χ1v) is 8.62. The Morgan fingerprint density at radius 3 is 2.41 bits per heavy atom. The molecule has 2 unspecified atom stereocenters. The zero-order valence-electron chi connectivity index (χ0n) is 14.1. The van der Waals surface area contributed by atoms with Crippen molar-refractivity contribution in [3.8, 4) is 5.75 Å². The van der Waals surface area contributed by atoms with Crippen molar-refractivity contribution in [3.63, 3.8) is 0 Å². The largest absolute Gasteiger partial charge is 0.502 e. The zero-order valence-corrected chi connectivity index (χ0v) is 15.0. The molecule has 142 valence electrons. The van der Waals surface area contributed by atoms with E-state index in [0.29, 0.717) is 6.42 Å². The van der Waals surface area contributed by atoms with Gasteiger partial charge in [0.05, 0.1) is 10.8 Å². The van der Waals surface area contributed by atoms with Gasteiger partial charge in [-0.25, -0.2) is 4.79 Å². The number of nitro groups is 1. The van der Waals surface area contributed by atoms with E-state index in [4.69, 9.17) is 0 Å². The molecule has 2 aromatic carbocycles. The summed E-state index contributed by atoms with van der Waals surface area (Å²) in [7, 11) is 0. The van der Waals surface area contributed by atoms with E-state index < -0.39 is 40.2 Å². The highest BCUT2D eigenvalue weighted by Crippen LogP contribution is 2.29. The summed E-state index contributed by atoms with van der Waals surface area (Å²) in [6, 6.07) is 10.9. The number of thiol groups is 1. The molecule has 0 aromatic heterocycles. The van der Waals surface area contributed by atoms with Crippen molar-refractivity contribution >= 4 is 30.2 Å². The minimum absolute atomic E-state index is 0.0158. The van der Waals surface area contributed by atoms with Crippen LogP contribution < -0.4 is 5.32 Å². The standard InChI is InChI=1S/C18H18N2O6S/c21-15-7-6-12(9-14(15)20(25)26)16(18(23)24)19-17(22)13(10-27)8-11-4-2-1-3-5-11/h1-7,9,13,16,21,27H,8,10H2,(H,19,22)(H,23,24). The van der Waals surface area contributed by atoms with Crippen molar-refractivity contribution in [3.05, 3.63) is 69.8 Å². The highest BCUT2D eigenvalue weighted by molar-refractivity contribution is 7.80. The molecule has 3 N–H and O–H groups in total. The quantitative estimate of drug-likeness (QED) is 0.311.